The van der Waals surface area contributed by atoms with E-state index in [1.54, 1.807) is 14.2 Å². The van der Waals surface area contributed by atoms with Gasteiger partial charge in [0, 0.05) is 38.4 Å². The number of ether oxygens (including phenoxy) is 1. The minimum Gasteiger partial charge on any atom is -0.497 e. The quantitative estimate of drug-likeness (QED) is 0.449. The van der Waals surface area contributed by atoms with Crippen LogP contribution in [0.15, 0.2) is 33.9 Å². The number of anilines is 2. The Hall–Kier alpha value is -3.03. The van der Waals surface area contributed by atoms with Crippen LogP contribution in [0.4, 0.5) is 11.6 Å². The third-order valence-corrected chi connectivity index (χ3v) is 6.35. The maximum absolute atomic E-state index is 13.3. The topological polar surface area (TPSA) is 74.3 Å². The summed E-state index contributed by atoms with van der Waals surface area (Å²) in [5, 5.41) is 0. The zero-order valence-electron chi connectivity index (χ0n) is 19.3. The van der Waals surface area contributed by atoms with Crippen molar-refractivity contribution in [1.29, 1.82) is 0 Å². The summed E-state index contributed by atoms with van der Waals surface area (Å²) in [5.74, 6) is 1.45. The second-order valence-electron chi connectivity index (χ2n) is 8.51. The summed E-state index contributed by atoms with van der Waals surface area (Å²) in [6, 6.07) is 7.78. The summed E-state index contributed by atoms with van der Waals surface area (Å²) < 4.78 is 10.2. The predicted octanol–water partition coefficient (Wildman–Crippen LogP) is 3.81. The highest BCUT2D eigenvalue weighted by atomic mass is 16.5. The van der Waals surface area contributed by atoms with Crippen molar-refractivity contribution < 1.29 is 4.74 Å². The number of aryl methyl sites for hydroxylation is 1. The number of benzene rings is 1. The molecular formula is C24H33N5O3. The first-order valence-corrected chi connectivity index (χ1v) is 11.7. The van der Waals surface area contributed by atoms with E-state index in [-0.39, 0.29) is 11.2 Å². The highest BCUT2D eigenvalue weighted by molar-refractivity contribution is 5.77. The average Bonchev–Trinajstić information content (AvgIpc) is 3.38. The zero-order valence-corrected chi connectivity index (χ0v) is 19.3. The molecule has 8 nitrogen and oxygen atoms in total. The molecule has 1 aromatic carbocycles. The highest BCUT2D eigenvalue weighted by Gasteiger charge is 2.28. The number of imidazole rings is 1. The van der Waals surface area contributed by atoms with Crippen LogP contribution in [-0.2, 0) is 20.1 Å². The van der Waals surface area contributed by atoms with E-state index in [9.17, 15) is 9.59 Å². The van der Waals surface area contributed by atoms with E-state index in [0.717, 1.165) is 30.7 Å². The van der Waals surface area contributed by atoms with Crippen molar-refractivity contribution in [2.24, 2.45) is 7.05 Å². The van der Waals surface area contributed by atoms with Crippen molar-refractivity contribution in [2.75, 3.05) is 18.6 Å². The summed E-state index contributed by atoms with van der Waals surface area (Å²) in [7, 11) is 3.34. The maximum Gasteiger partial charge on any atom is 0.332 e. The molecule has 0 saturated heterocycles. The lowest BCUT2D eigenvalue weighted by Crippen LogP contribution is -2.39. The molecule has 32 heavy (non-hydrogen) atoms. The Balaban J connectivity index is 1.61. The molecule has 0 bridgehead atoms. The van der Waals surface area contributed by atoms with Gasteiger partial charge in [0.2, 0.25) is 5.95 Å². The maximum atomic E-state index is 13.3. The lowest BCUT2D eigenvalue weighted by Gasteiger charge is -2.16. The van der Waals surface area contributed by atoms with Gasteiger partial charge in [-0.1, -0.05) is 51.5 Å². The smallest absolute Gasteiger partial charge is 0.332 e. The number of hydrogen-bond acceptors (Lipinski definition) is 5. The molecule has 0 aliphatic carbocycles. The minimum atomic E-state index is -0.293. The first-order valence-electron chi connectivity index (χ1n) is 11.7. The zero-order chi connectivity index (χ0) is 22.7. The van der Waals surface area contributed by atoms with Crippen molar-refractivity contribution in [3.05, 3.63) is 45.1 Å². The van der Waals surface area contributed by atoms with Gasteiger partial charge in [0.25, 0.3) is 5.56 Å². The second-order valence-corrected chi connectivity index (χ2v) is 8.51. The van der Waals surface area contributed by atoms with Gasteiger partial charge in [-0.15, -0.1) is 0 Å². The van der Waals surface area contributed by atoms with Gasteiger partial charge in [0.15, 0.2) is 11.2 Å². The van der Waals surface area contributed by atoms with Gasteiger partial charge in [-0.3, -0.25) is 13.9 Å². The van der Waals surface area contributed by atoms with E-state index in [1.807, 2.05) is 28.8 Å². The fourth-order valence-corrected chi connectivity index (χ4v) is 4.53. The van der Waals surface area contributed by atoms with Crippen molar-refractivity contribution in [2.45, 2.75) is 65.0 Å². The largest absolute Gasteiger partial charge is 0.497 e. The van der Waals surface area contributed by atoms with Gasteiger partial charge in [-0.05, 0) is 18.6 Å². The van der Waals surface area contributed by atoms with Crippen LogP contribution in [-0.4, -0.2) is 32.3 Å². The summed E-state index contributed by atoms with van der Waals surface area (Å²) >= 11 is 0. The average molecular weight is 440 g/mol. The van der Waals surface area contributed by atoms with Crippen molar-refractivity contribution in [3.8, 4) is 5.75 Å². The minimum absolute atomic E-state index is 0.236. The number of hydrogen-bond donors (Lipinski definition) is 0. The van der Waals surface area contributed by atoms with Gasteiger partial charge in [0.1, 0.15) is 5.75 Å². The highest BCUT2D eigenvalue weighted by Crippen LogP contribution is 2.33. The predicted molar refractivity (Wildman–Crippen MR) is 127 cm³/mol. The Labute approximate surface area is 188 Å². The monoisotopic (exact) mass is 439 g/mol. The Morgan fingerprint density at radius 3 is 2.53 bits per heavy atom. The number of aromatic nitrogens is 4. The van der Waals surface area contributed by atoms with E-state index in [1.165, 1.54) is 34.8 Å². The molecule has 0 atom stereocenters. The molecule has 8 heteroatoms. The van der Waals surface area contributed by atoms with Crippen LogP contribution in [0.25, 0.3) is 11.2 Å². The first kappa shape index (κ1) is 22.2. The number of methoxy groups -OCH3 is 1. The van der Waals surface area contributed by atoms with Crippen LogP contribution in [0, 0.1) is 0 Å². The van der Waals surface area contributed by atoms with Gasteiger partial charge < -0.3 is 14.2 Å². The number of nitrogens with zero attached hydrogens (tertiary/aromatic N) is 5. The molecule has 4 rings (SSSR count). The van der Waals surface area contributed by atoms with Crippen LogP contribution in [0.2, 0.25) is 0 Å². The summed E-state index contributed by atoms with van der Waals surface area (Å²) in [6.07, 6.45) is 8.00. The Morgan fingerprint density at radius 2 is 1.78 bits per heavy atom. The van der Waals surface area contributed by atoms with E-state index < -0.39 is 0 Å². The van der Waals surface area contributed by atoms with E-state index >= 15 is 0 Å². The molecular weight excluding hydrogens is 406 g/mol. The van der Waals surface area contributed by atoms with E-state index in [2.05, 4.69) is 11.8 Å². The van der Waals surface area contributed by atoms with Crippen LogP contribution >= 0.6 is 0 Å². The lowest BCUT2D eigenvalue weighted by atomic mass is 10.1. The van der Waals surface area contributed by atoms with Gasteiger partial charge in [-0.25, -0.2) is 4.79 Å². The first-order chi connectivity index (χ1) is 15.6. The second kappa shape index (κ2) is 9.63. The van der Waals surface area contributed by atoms with Crippen molar-refractivity contribution in [1.82, 2.24) is 18.7 Å². The molecule has 2 aromatic heterocycles. The SMILES string of the molecule is CCCCCCCCCn1c(=O)c2c(nc3n2CCN3c2cccc(OC)c2)n(C)c1=O. The molecule has 0 unspecified atom stereocenters. The number of rotatable bonds is 10. The molecule has 172 valence electrons. The number of unbranched alkanes of at least 4 members (excludes halogenated alkanes) is 6. The molecule has 1 aliphatic heterocycles. The standard InChI is InChI=1S/C24H33N5O3/c1-4-5-6-7-8-9-10-14-29-22(30)20-21(26(2)24(29)31)25-23-27(15-16-28(20)23)18-12-11-13-19(17-18)32-3/h11-13,17H,4-10,14-16H2,1-3H3. The molecule has 1 aliphatic rings. The Bertz CT molecular complexity index is 1210. The van der Waals surface area contributed by atoms with E-state index in [4.69, 9.17) is 9.72 Å². The molecule has 3 heterocycles. The summed E-state index contributed by atoms with van der Waals surface area (Å²) in [4.78, 5) is 33.0. The van der Waals surface area contributed by atoms with Gasteiger partial charge in [0.05, 0.1) is 7.11 Å². The van der Waals surface area contributed by atoms with E-state index in [0.29, 0.717) is 36.7 Å². The normalized spacial score (nSPS) is 13.2. The van der Waals surface area contributed by atoms with Crippen LogP contribution in [0.3, 0.4) is 0 Å². The van der Waals surface area contributed by atoms with Crippen LogP contribution < -0.4 is 20.9 Å². The number of fused-ring (bicyclic) bond motifs is 3. The molecule has 0 N–H and O–H groups in total. The fourth-order valence-electron chi connectivity index (χ4n) is 4.53. The summed E-state index contributed by atoms with van der Waals surface area (Å²) in [5.41, 5.74) is 1.37. The molecule has 0 saturated carbocycles. The fraction of sp³-hybridized carbons (Fsp3) is 0.542. The third-order valence-electron chi connectivity index (χ3n) is 6.35. The van der Waals surface area contributed by atoms with Gasteiger partial charge in [-0.2, -0.15) is 4.98 Å². The Morgan fingerprint density at radius 1 is 1.03 bits per heavy atom. The molecule has 3 aromatic rings. The molecule has 0 spiro atoms. The summed E-state index contributed by atoms with van der Waals surface area (Å²) in [6.45, 7) is 4.02. The molecule has 0 radical (unpaired) electrons. The molecule has 0 fully saturated rings. The third kappa shape index (κ3) is 4.06. The molecule has 0 amide bonds. The lowest BCUT2D eigenvalue weighted by molar-refractivity contribution is 0.415. The van der Waals surface area contributed by atoms with Crippen LogP contribution in [0.1, 0.15) is 51.9 Å². The van der Waals surface area contributed by atoms with Gasteiger partial charge >= 0.3 is 5.69 Å². The van der Waals surface area contributed by atoms with Crippen LogP contribution in [0.5, 0.6) is 5.75 Å². The Kier molecular flexibility index (Phi) is 6.67. The van der Waals surface area contributed by atoms with Crippen molar-refractivity contribution >= 4 is 22.8 Å². The van der Waals surface area contributed by atoms with Crippen molar-refractivity contribution in [3.63, 3.8) is 0 Å².